The molecule has 0 radical (unpaired) electrons. The van der Waals surface area contributed by atoms with Crippen LogP contribution in [0.1, 0.15) is 10.4 Å². The molecule has 7 nitrogen and oxygen atoms in total. The van der Waals surface area contributed by atoms with Crippen molar-refractivity contribution in [1.29, 1.82) is 0 Å². The molecule has 27 heavy (non-hydrogen) atoms. The van der Waals surface area contributed by atoms with Gasteiger partial charge in [0.15, 0.2) is 0 Å². The van der Waals surface area contributed by atoms with Crippen molar-refractivity contribution in [2.24, 2.45) is 5.73 Å². The lowest BCUT2D eigenvalue weighted by molar-refractivity contribution is -0.117. The van der Waals surface area contributed by atoms with Crippen LogP contribution < -0.4 is 16.0 Å². The molecule has 0 unspecified atom stereocenters. The van der Waals surface area contributed by atoms with E-state index in [2.05, 4.69) is 10.3 Å². The SMILES string of the molecule is NC(=O)c1cnc(N2CCN(CC(=O)Nc3ccccc3F)CC2)c(Cl)c1. The molecule has 3 N–H and O–H groups in total. The van der Waals surface area contributed by atoms with Crippen molar-refractivity contribution in [2.45, 2.75) is 0 Å². The van der Waals surface area contributed by atoms with Crippen molar-refractivity contribution >= 4 is 34.9 Å². The van der Waals surface area contributed by atoms with Gasteiger partial charge in [0.2, 0.25) is 11.8 Å². The predicted octanol–water partition coefficient (Wildman–Crippen LogP) is 1.73. The van der Waals surface area contributed by atoms with E-state index in [0.717, 1.165) is 0 Å². The van der Waals surface area contributed by atoms with Crippen molar-refractivity contribution < 1.29 is 14.0 Å². The highest BCUT2D eigenvalue weighted by atomic mass is 35.5. The second kappa shape index (κ2) is 8.32. The Kier molecular flexibility index (Phi) is 5.88. The van der Waals surface area contributed by atoms with Crippen LogP contribution in [-0.4, -0.2) is 54.4 Å². The van der Waals surface area contributed by atoms with Gasteiger partial charge < -0.3 is 16.0 Å². The Labute approximate surface area is 160 Å². The molecular weight excluding hydrogens is 373 g/mol. The number of anilines is 2. The number of aromatic nitrogens is 1. The second-order valence-corrected chi connectivity index (χ2v) is 6.59. The number of benzene rings is 1. The van der Waals surface area contributed by atoms with Crippen LogP contribution in [0.5, 0.6) is 0 Å². The molecule has 0 bridgehead atoms. The maximum absolute atomic E-state index is 13.6. The normalized spacial score (nSPS) is 14.8. The number of pyridine rings is 1. The smallest absolute Gasteiger partial charge is 0.250 e. The summed E-state index contributed by atoms with van der Waals surface area (Å²) in [6.07, 6.45) is 1.40. The number of hydrogen-bond acceptors (Lipinski definition) is 5. The second-order valence-electron chi connectivity index (χ2n) is 6.18. The molecule has 0 aliphatic carbocycles. The zero-order valence-electron chi connectivity index (χ0n) is 14.5. The first-order valence-electron chi connectivity index (χ1n) is 8.41. The third kappa shape index (κ3) is 4.72. The third-order valence-electron chi connectivity index (χ3n) is 4.29. The number of nitrogens with zero attached hydrogens (tertiary/aromatic N) is 3. The standard InChI is InChI=1S/C18H19ClFN5O2/c19-13-9-12(17(21)27)10-22-18(13)25-7-5-24(6-8-25)11-16(26)23-15-4-2-1-3-14(15)20/h1-4,9-10H,5-8,11H2,(H2,21,27)(H,23,26). The molecule has 1 aliphatic rings. The summed E-state index contributed by atoms with van der Waals surface area (Å²) in [6, 6.07) is 7.56. The number of rotatable bonds is 5. The summed E-state index contributed by atoms with van der Waals surface area (Å²) in [6.45, 7) is 2.66. The largest absolute Gasteiger partial charge is 0.366 e. The van der Waals surface area contributed by atoms with E-state index in [1.165, 1.54) is 24.4 Å². The molecule has 1 aliphatic heterocycles. The Hall–Kier alpha value is -2.71. The van der Waals surface area contributed by atoms with Gasteiger partial charge in [-0.1, -0.05) is 23.7 Å². The van der Waals surface area contributed by atoms with Gasteiger partial charge >= 0.3 is 0 Å². The quantitative estimate of drug-likeness (QED) is 0.810. The average molecular weight is 392 g/mol. The van der Waals surface area contributed by atoms with Gasteiger partial charge in [-0.3, -0.25) is 14.5 Å². The summed E-state index contributed by atoms with van der Waals surface area (Å²) in [4.78, 5) is 31.5. The van der Waals surface area contributed by atoms with Gasteiger partial charge in [0, 0.05) is 32.4 Å². The number of carbonyl (C=O) groups is 2. The molecule has 0 saturated carbocycles. The van der Waals surface area contributed by atoms with E-state index in [4.69, 9.17) is 17.3 Å². The van der Waals surface area contributed by atoms with Crippen LogP contribution in [0.25, 0.3) is 0 Å². The van der Waals surface area contributed by atoms with Gasteiger partial charge in [-0.15, -0.1) is 0 Å². The molecule has 142 valence electrons. The highest BCUT2D eigenvalue weighted by Gasteiger charge is 2.22. The van der Waals surface area contributed by atoms with Gasteiger partial charge in [-0.05, 0) is 18.2 Å². The van der Waals surface area contributed by atoms with Gasteiger partial charge in [0.1, 0.15) is 11.6 Å². The zero-order chi connectivity index (χ0) is 19.4. The molecule has 1 aromatic heterocycles. The number of primary amides is 1. The number of halogens is 2. The lowest BCUT2D eigenvalue weighted by Gasteiger charge is -2.35. The molecule has 2 aromatic rings. The summed E-state index contributed by atoms with van der Waals surface area (Å²) < 4.78 is 13.6. The van der Waals surface area contributed by atoms with Crippen LogP contribution >= 0.6 is 11.6 Å². The van der Waals surface area contributed by atoms with E-state index in [1.807, 2.05) is 9.80 Å². The van der Waals surface area contributed by atoms with Gasteiger partial charge in [0.05, 0.1) is 22.8 Å². The number of para-hydroxylation sites is 1. The van der Waals surface area contributed by atoms with Gasteiger partial charge in [0.25, 0.3) is 0 Å². The number of carbonyl (C=O) groups excluding carboxylic acids is 2. The maximum atomic E-state index is 13.6. The number of hydrogen-bond donors (Lipinski definition) is 2. The molecule has 3 rings (SSSR count). The molecule has 9 heteroatoms. The van der Waals surface area contributed by atoms with Crippen LogP contribution in [0, 0.1) is 5.82 Å². The predicted molar refractivity (Wildman–Crippen MR) is 101 cm³/mol. The highest BCUT2D eigenvalue weighted by molar-refractivity contribution is 6.33. The minimum atomic E-state index is -0.582. The molecule has 1 saturated heterocycles. The van der Waals surface area contributed by atoms with Crippen molar-refractivity contribution in [2.75, 3.05) is 42.9 Å². The minimum Gasteiger partial charge on any atom is -0.366 e. The zero-order valence-corrected chi connectivity index (χ0v) is 15.2. The van der Waals surface area contributed by atoms with E-state index in [-0.39, 0.29) is 23.7 Å². The molecule has 0 spiro atoms. The number of amides is 2. The van der Waals surface area contributed by atoms with Crippen molar-refractivity contribution in [1.82, 2.24) is 9.88 Å². The van der Waals surface area contributed by atoms with Crippen LogP contribution in [0.3, 0.4) is 0 Å². The lowest BCUT2D eigenvalue weighted by atomic mass is 10.2. The van der Waals surface area contributed by atoms with E-state index in [1.54, 1.807) is 12.1 Å². The fourth-order valence-electron chi connectivity index (χ4n) is 2.87. The summed E-state index contributed by atoms with van der Waals surface area (Å²) in [5.74, 6) is -0.731. The molecule has 0 atom stereocenters. The minimum absolute atomic E-state index is 0.171. The van der Waals surface area contributed by atoms with Crippen molar-refractivity contribution in [3.8, 4) is 0 Å². The van der Waals surface area contributed by atoms with Crippen molar-refractivity contribution in [3.05, 3.63) is 52.9 Å². The fraction of sp³-hybridized carbons (Fsp3) is 0.278. The Morgan fingerprint density at radius 1 is 1.22 bits per heavy atom. The summed E-state index contributed by atoms with van der Waals surface area (Å²) >= 11 is 6.21. The third-order valence-corrected chi connectivity index (χ3v) is 4.57. The van der Waals surface area contributed by atoms with Crippen LogP contribution in [-0.2, 0) is 4.79 Å². The van der Waals surface area contributed by atoms with Crippen molar-refractivity contribution in [3.63, 3.8) is 0 Å². The van der Waals surface area contributed by atoms with E-state index in [0.29, 0.717) is 37.0 Å². The molecule has 2 heterocycles. The Bertz CT molecular complexity index is 855. The van der Waals surface area contributed by atoms with Crippen LogP contribution in [0.2, 0.25) is 5.02 Å². The van der Waals surface area contributed by atoms with E-state index < -0.39 is 11.7 Å². The summed E-state index contributed by atoms with van der Waals surface area (Å²) in [5, 5.41) is 2.94. The van der Waals surface area contributed by atoms with Crippen LogP contribution in [0.4, 0.5) is 15.9 Å². The first-order valence-corrected chi connectivity index (χ1v) is 8.79. The maximum Gasteiger partial charge on any atom is 0.250 e. The molecular formula is C18H19ClFN5O2. The fourth-order valence-corrected chi connectivity index (χ4v) is 3.16. The number of piperazine rings is 1. The number of nitrogens with one attached hydrogen (secondary N) is 1. The topological polar surface area (TPSA) is 91.6 Å². The monoisotopic (exact) mass is 391 g/mol. The first-order chi connectivity index (χ1) is 12.9. The van der Waals surface area contributed by atoms with E-state index >= 15 is 0 Å². The van der Waals surface area contributed by atoms with Gasteiger partial charge in [-0.25, -0.2) is 9.37 Å². The van der Waals surface area contributed by atoms with E-state index in [9.17, 15) is 14.0 Å². The molecule has 2 amide bonds. The van der Waals surface area contributed by atoms with Crippen LogP contribution in [0.15, 0.2) is 36.5 Å². The Morgan fingerprint density at radius 3 is 2.56 bits per heavy atom. The lowest BCUT2D eigenvalue weighted by Crippen LogP contribution is -2.49. The molecule has 1 aromatic carbocycles. The highest BCUT2D eigenvalue weighted by Crippen LogP contribution is 2.25. The Balaban J connectivity index is 1.54. The first kappa shape index (κ1) is 19.1. The summed E-state index contributed by atoms with van der Waals surface area (Å²) in [5.41, 5.74) is 5.65. The summed E-state index contributed by atoms with van der Waals surface area (Å²) in [7, 11) is 0. The number of nitrogens with two attached hydrogens (primary N) is 1. The average Bonchev–Trinajstić information content (AvgIpc) is 2.64. The Morgan fingerprint density at radius 2 is 1.93 bits per heavy atom. The molecule has 1 fully saturated rings. The van der Waals surface area contributed by atoms with Gasteiger partial charge in [-0.2, -0.15) is 0 Å².